The zero-order valence-corrected chi connectivity index (χ0v) is 14.3. The molecule has 25 heavy (non-hydrogen) atoms. The third kappa shape index (κ3) is 2.83. The first-order chi connectivity index (χ1) is 12.1. The first-order valence-electron chi connectivity index (χ1n) is 8.46. The highest BCUT2D eigenvalue weighted by molar-refractivity contribution is 5.72. The van der Waals surface area contributed by atoms with Crippen molar-refractivity contribution in [2.24, 2.45) is 0 Å². The minimum absolute atomic E-state index is 0.596. The van der Waals surface area contributed by atoms with Crippen molar-refractivity contribution in [2.45, 2.75) is 20.0 Å². The molecule has 1 atom stereocenters. The van der Waals surface area contributed by atoms with Gasteiger partial charge >= 0.3 is 0 Å². The van der Waals surface area contributed by atoms with Crippen LogP contribution < -0.4 is 0 Å². The third-order valence-electron chi connectivity index (χ3n) is 4.48. The number of benzene rings is 2. The van der Waals surface area contributed by atoms with Crippen molar-refractivity contribution in [1.82, 2.24) is 9.38 Å². The second-order valence-electron chi connectivity index (χ2n) is 6.40. The number of nitrogens with zero attached hydrogens (tertiary/aromatic N) is 2. The largest absolute Gasteiger partial charge is 0.387 e. The number of pyridine rings is 1. The zero-order chi connectivity index (χ0) is 17.4. The molecule has 0 aliphatic heterocycles. The molecule has 124 valence electrons. The maximum Gasteiger partial charge on any atom is 0.138 e. The van der Waals surface area contributed by atoms with Crippen LogP contribution in [0.1, 0.15) is 24.3 Å². The molecule has 0 fully saturated rings. The minimum Gasteiger partial charge on any atom is -0.387 e. The summed E-state index contributed by atoms with van der Waals surface area (Å²) in [7, 11) is 0. The van der Waals surface area contributed by atoms with Crippen LogP contribution in [0.3, 0.4) is 0 Å². The van der Waals surface area contributed by atoms with Gasteiger partial charge in [-0.3, -0.25) is 0 Å². The van der Waals surface area contributed by atoms with Crippen LogP contribution in [-0.2, 0) is 0 Å². The molecule has 0 aliphatic carbocycles. The first kappa shape index (κ1) is 15.6. The van der Waals surface area contributed by atoms with Crippen molar-refractivity contribution in [1.29, 1.82) is 0 Å². The van der Waals surface area contributed by atoms with Gasteiger partial charge in [0.2, 0.25) is 0 Å². The topological polar surface area (TPSA) is 37.5 Å². The van der Waals surface area contributed by atoms with Crippen molar-refractivity contribution < 1.29 is 5.11 Å². The molecule has 2 aromatic heterocycles. The maximum atomic E-state index is 10.3. The predicted molar refractivity (Wildman–Crippen MR) is 101 cm³/mol. The van der Waals surface area contributed by atoms with E-state index in [9.17, 15) is 5.11 Å². The number of fused-ring (bicyclic) bond motifs is 1. The number of hydrogen-bond donors (Lipinski definition) is 1. The lowest BCUT2D eigenvalue weighted by molar-refractivity contribution is 0.194. The van der Waals surface area contributed by atoms with Gasteiger partial charge in [0.25, 0.3) is 0 Å². The highest BCUT2D eigenvalue weighted by atomic mass is 16.3. The van der Waals surface area contributed by atoms with Crippen LogP contribution in [0.2, 0.25) is 0 Å². The Kier molecular flexibility index (Phi) is 3.86. The fraction of sp³-hybridized carbons (Fsp3) is 0.136. The Balaban J connectivity index is 1.83. The summed E-state index contributed by atoms with van der Waals surface area (Å²) in [6, 6.07) is 22.7. The number of aryl methyl sites for hydroxylation is 1. The number of rotatable bonds is 3. The monoisotopic (exact) mass is 328 g/mol. The van der Waals surface area contributed by atoms with E-state index in [4.69, 9.17) is 4.98 Å². The van der Waals surface area contributed by atoms with Gasteiger partial charge in [0.05, 0.1) is 17.5 Å². The molecular formula is C22H20N2O. The molecule has 0 saturated carbocycles. The van der Waals surface area contributed by atoms with Gasteiger partial charge in [-0.25, -0.2) is 4.98 Å². The second-order valence-corrected chi connectivity index (χ2v) is 6.40. The van der Waals surface area contributed by atoms with Crippen LogP contribution in [0.25, 0.3) is 28.0 Å². The van der Waals surface area contributed by atoms with Gasteiger partial charge in [-0.2, -0.15) is 0 Å². The molecule has 4 rings (SSSR count). The number of aliphatic hydroxyl groups excluding tert-OH is 1. The van der Waals surface area contributed by atoms with Crippen molar-refractivity contribution in [2.75, 3.05) is 0 Å². The number of aliphatic hydroxyl groups is 1. The van der Waals surface area contributed by atoms with E-state index in [0.717, 1.165) is 28.2 Å². The molecule has 1 N–H and O–H groups in total. The number of imidazole rings is 1. The lowest BCUT2D eigenvalue weighted by atomic mass is 10.0. The van der Waals surface area contributed by atoms with Gasteiger partial charge in [0.1, 0.15) is 5.65 Å². The molecule has 0 radical (unpaired) electrons. The molecule has 3 nitrogen and oxygen atoms in total. The summed E-state index contributed by atoms with van der Waals surface area (Å²) in [4.78, 5) is 4.77. The van der Waals surface area contributed by atoms with E-state index >= 15 is 0 Å². The smallest absolute Gasteiger partial charge is 0.138 e. The normalized spacial score (nSPS) is 12.4. The third-order valence-corrected chi connectivity index (χ3v) is 4.48. The summed E-state index contributed by atoms with van der Waals surface area (Å²) in [6.07, 6.45) is 1.38. The molecule has 0 spiro atoms. The Bertz CT molecular complexity index is 1020. The lowest BCUT2D eigenvalue weighted by Gasteiger charge is -2.09. The average molecular weight is 328 g/mol. The summed E-state index contributed by atoms with van der Waals surface area (Å²) >= 11 is 0. The summed E-state index contributed by atoms with van der Waals surface area (Å²) in [5.74, 6) is 0. The minimum atomic E-state index is -0.596. The standard InChI is InChI=1S/C22H20N2O/c1-15-12-13-24-20(14-15)23-21(22(24)16(2)25)19-10-8-18(9-11-19)17-6-4-3-5-7-17/h3-14,16,25H,1-2H3. The van der Waals surface area contributed by atoms with E-state index in [2.05, 4.69) is 36.4 Å². The lowest BCUT2D eigenvalue weighted by Crippen LogP contribution is -1.99. The van der Waals surface area contributed by atoms with E-state index < -0.39 is 6.10 Å². The molecule has 3 heteroatoms. The molecule has 0 amide bonds. The summed E-state index contributed by atoms with van der Waals surface area (Å²) < 4.78 is 1.97. The highest BCUT2D eigenvalue weighted by Gasteiger charge is 2.18. The molecule has 0 aliphatic rings. The fourth-order valence-corrected chi connectivity index (χ4v) is 3.23. The quantitative estimate of drug-likeness (QED) is 0.573. The maximum absolute atomic E-state index is 10.3. The molecule has 4 aromatic rings. The zero-order valence-electron chi connectivity index (χ0n) is 14.3. The van der Waals surface area contributed by atoms with Gasteiger partial charge in [0.15, 0.2) is 0 Å². The first-order valence-corrected chi connectivity index (χ1v) is 8.46. The van der Waals surface area contributed by atoms with Crippen molar-refractivity contribution in [3.8, 4) is 22.4 Å². The van der Waals surface area contributed by atoms with Crippen LogP contribution in [0.4, 0.5) is 0 Å². The van der Waals surface area contributed by atoms with E-state index in [1.165, 1.54) is 11.1 Å². The average Bonchev–Trinajstić information content (AvgIpc) is 3.01. The van der Waals surface area contributed by atoms with E-state index in [0.29, 0.717) is 0 Å². The van der Waals surface area contributed by atoms with Gasteiger partial charge in [0, 0.05) is 11.8 Å². The fourth-order valence-electron chi connectivity index (χ4n) is 3.23. The Labute approximate surface area is 147 Å². The molecule has 2 aromatic carbocycles. The van der Waals surface area contributed by atoms with Crippen molar-refractivity contribution in [3.63, 3.8) is 0 Å². The molecule has 1 unspecified atom stereocenters. The van der Waals surface area contributed by atoms with Gasteiger partial charge < -0.3 is 9.51 Å². The second kappa shape index (κ2) is 6.19. The summed E-state index contributed by atoms with van der Waals surface area (Å²) in [5, 5.41) is 10.3. The van der Waals surface area contributed by atoms with E-state index in [1.54, 1.807) is 6.92 Å². The predicted octanol–water partition coefficient (Wildman–Crippen LogP) is 5.03. The highest BCUT2D eigenvalue weighted by Crippen LogP contribution is 2.31. The van der Waals surface area contributed by atoms with Crippen LogP contribution in [0, 0.1) is 6.92 Å². The Morgan fingerprint density at radius 3 is 2.20 bits per heavy atom. The molecule has 0 saturated heterocycles. The number of hydrogen-bond acceptors (Lipinski definition) is 2. The molecular weight excluding hydrogens is 308 g/mol. The SMILES string of the molecule is Cc1ccn2c(C(C)O)c(-c3ccc(-c4ccccc4)cc3)nc2c1. The van der Waals surface area contributed by atoms with Crippen LogP contribution >= 0.6 is 0 Å². The van der Waals surface area contributed by atoms with Crippen LogP contribution in [0.5, 0.6) is 0 Å². The van der Waals surface area contributed by atoms with Crippen molar-refractivity contribution in [3.05, 3.63) is 84.2 Å². The van der Waals surface area contributed by atoms with Gasteiger partial charge in [-0.05, 0) is 42.7 Å². The molecule has 0 bridgehead atoms. The van der Waals surface area contributed by atoms with Crippen LogP contribution in [0.15, 0.2) is 72.9 Å². The van der Waals surface area contributed by atoms with E-state index in [-0.39, 0.29) is 0 Å². The van der Waals surface area contributed by atoms with Crippen LogP contribution in [-0.4, -0.2) is 14.5 Å². The Morgan fingerprint density at radius 1 is 0.880 bits per heavy atom. The Morgan fingerprint density at radius 2 is 1.52 bits per heavy atom. The Hall–Kier alpha value is -2.91. The summed E-state index contributed by atoms with van der Waals surface area (Å²) in [6.45, 7) is 3.83. The van der Waals surface area contributed by atoms with Gasteiger partial charge in [-0.1, -0.05) is 54.6 Å². The van der Waals surface area contributed by atoms with E-state index in [1.807, 2.05) is 47.9 Å². The summed E-state index contributed by atoms with van der Waals surface area (Å²) in [5.41, 5.74) is 7.04. The molecule has 2 heterocycles. The number of aromatic nitrogens is 2. The van der Waals surface area contributed by atoms with Gasteiger partial charge in [-0.15, -0.1) is 0 Å². The van der Waals surface area contributed by atoms with Crippen molar-refractivity contribution >= 4 is 5.65 Å².